The van der Waals surface area contributed by atoms with Crippen LogP contribution in [0.4, 0.5) is 27.7 Å². The number of urea groups is 1. The van der Waals surface area contributed by atoms with Crippen molar-refractivity contribution in [3.8, 4) is 11.5 Å². The van der Waals surface area contributed by atoms with Crippen molar-refractivity contribution in [2.75, 3.05) is 35.2 Å². The number of aliphatic hydroxyl groups is 1. The summed E-state index contributed by atoms with van der Waals surface area (Å²) in [4.78, 5) is 40.5. The Labute approximate surface area is 257 Å². The number of carbonyl (C=O) groups is 2. The second kappa shape index (κ2) is 12.0. The van der Waals surface area contributed by atoms with Gasteiger partial charge in [0, 0.05) is 18.8 Å². The standard InChI is InChI=1S/C33H30N6O4S/c40-19-22-14-16-38(17-15-22)18-21-6-8-23(9-7-21)36-31(41)29-28-27-30(34-20-35-32(27)44-29)39(33(42)37-28)24-10-12-26(13-11-24)43-25-4-2-1-3-5-25/h1-13,20,22,40H,14-19H2,(H,36,41)(H,37,42). The van der Waals surface area contributed by atoms with E-state index in [-0.39, 0.29) is 12.5 Å². The molecule has 0 aliphatic carbocycles. The van der Waals surface area contributed by atoms with Gasteiger partial charge in [0.15, 0.2) is 5.82 Å². The molecule has 3 aromatic carbocycles. The molecule has 2 aliphatic heterocycles. The number of ether oxygens (including phenoxy) is 1. The third-order valence-electron chi connectivity index (χ3n) is 7.98. The molecule has 0 bridgehead atoms. The quantitative estimate of drug-likeness (QED) is 0.182. The molecule has 10 nitrogen and oxygen atoms in total. The van der Waals surface area contributed by atoms with Crippen LogP contribution in [0.3, 0.4) is 0 Å². The lowest BCUT2D eigenvalue weighted by molar-refractivity contribution is 0.103. The van der Waals surface area contributed by atoms with Gasteiger partial charge in [-0.05, 0) is 85.9 Å². The van der Waals surface area contributed by atoms with Crippen molar-refractivity contribution < 1.29 is 19.4 Å². The molecule has 0 radical (unpaired) electrons. The Morgan fingerprint density at radius 1 is 0.977 bits per heavy atom. The lowest BCUT2D eigenvalue weighted by atomic mass is 9.97. The summed E-state index contributed by atoms with van der Waals surface area (Å²) in [5.41, 5.74) is 2.83. The number of aliphatic hydroxyl groups excluding tert-OH is 1. The molecule has 0 spiro atoms. The lowest BCUT2D eigenvalue weighted by Crippen LogP contribution is -2.35. The number of nitrogens with zero attached hydrogens (tertiary/aromatic N) is 4. The predicted octanol–water partition coefficient (Wildman–Crippen LogP) is 6.62. The molecule has 11 heteroatoms. The summed E-state index contributed by atoms with van der Waals surface area (Å²) in [5.74, 6) is 1.84. The summed E-state index contributed by atoms with van der Waals surface area (Å²) in [6.45, 7) is 3.04. The van der Waals surface area contributed by atoms with Crippen LogP contribution in [0.15, 0.2) is 85.2 Å². The highest BCUT2D eigenvalue weighted by atomic mass is 32.1. The first-order valence-corrected chi connectivity index (χ1v) is 15.3. The number of para-hydroxylation sites is 1. The molecule has 222 valence electrons. The summed E-state index contributed by atoms with van der Waals surface area (Å²) in [6, 6.07) is 24.0. The summed E-state index contributed by atoms with van der Waals surface area (Å²) in [6.07, 6.45) is 3.43. The van der Waals surface area contributed by atoms with Gasteiger partial charge in [-0.15, -0.1) is 11.3 Å². The number of piperidine rings is 1. The van der Waals surface area contributed by atoms with Crippen LogP contribution in [-0.4, -0.2) is 51.6 Å². The average Bonchev–Trinajstić information content (AvgIpc) is 3.43. The van der Waals surface area contributed by atoms with E-state index in [0.717, 1.165) is 38.0 Å². The Hall–Kier alpha value is -4.84. The van der Waals surface area contributed by atoms with E-state index in [4.69, 9.17) is 4.74 Å². The monoisotopic (exact) mass is 606 g/mol. The Kier molecular flexibility index (Phi) is 7.65. The maximum atomic E-state index is 13.4. The summed E-state index contributed by atoms with van der Waals surface area (Å²) < 4.78 is 5.89. The highest BCUT2D eigenvalue weighted by molar-refractivity contribution is 7.21. The molecular weight excluding hydrogens is 576 g/mol. The number of carbonyl (C=O) groups excluding carboxylic acids is 2. The number of anilines is 4. The Morgan fingerprint density at radius 3 is 2.43 bits per heavy atom. The summed E-state index contributed by atoms with van der Waals surface area (Å²) in [7, 11) is 0. The molecule has 0 saturated carbocycles. The number of nitrogens with one attached hydrogen (secondary N) is 2. The maximum Gasteiger partial charge on any atom is 0.332 e. The van der Waals surface area contributed by atoms with E-state index < -0.39 is 6.03 Å². The van der Waals surface area contributed by atoms with Crippen molar-refractivity contribution in [2.24, 2.45) is 5.92 Å². The number of hydrogen-bond donors (Lipinski definition) is 3. The molecule has 44 heavy (non-hydrogen) atoms. The van der Waals surface area contributed by atoms with E-state index in [1.165, 1.54) is 22.6 Å². The molecular formula is C33H30N6O4S. The molecule has 4 heterocycles. The number of hydrogen-bond acceptors (Lipinski definition) is 8. The first-order chi connectivity index (χ1) is 21.6. The van der Waals surface area contributed by atoms with E-state index in [1.54, 1.807) is 24.3 Å². The van der Waals surface area contributed by atoms with E-state index in [0.29, 0.717) is 55.4 Å². The number of likely N-dealkylation sites (tertiary alicyclic amines) is 1. The Morgan fingerprint density at radius 2 is 1.70 bits per heavy atom. The van der Waals surface area contributed by atoms with Crippen LogP contribution in [-0.2, 0) is 6.54 Å². The van der Waals surface area contributed by atoms with Gasteiger partial charge in [-0.3, -0.25) is 9.69 Å². The van der Waals surface area contributed by atoms with Crippen LogP contribution in [0.1, 0.15) is 28.1 Å². The van der Waals surface area contributed by atoms with Crippen molar-refractivity contribution in [2.45, 2.75) is 19.4 Å². The largest absolute Gasteiger partial charge is 0.457 e. The van der Waals surface area contributed by atoms with Crippen molar-refractivity contribution >= 4 is 56.4 Å². The third-order valence-corrected chi connectivity index (χ3v) is 9.08. The van der Waals surface area contributed by atoms with Gasteiger partial charge in [0.2, 0.25) is 0 Å². The SMILES string of the molecule is O=C(Nc1ccc(CN2CCC(CO)CC2)cc1)c1sc2ncnc3c2c1NC(=O)N3c1ccc(Oc2ccccc2)cc1. The molecule has 0 unspecified atom stereocenters. The van der Waals surface area contributed by atoms with Gasteiger partial charge in [-0.25, -0.2) is 19.7 Å². The van der Waals surface area contributed by atoms with Crippen molar-refractivity contribution in [3.63, 3.8) is 0 Å². The first-order valence-electron chi connectivity index (χ1n) is 14.5. The van der Waals surface area contributed by atoms with E-state index in [9.17, 15) is 14.7 Å². The number of rotatable bonds is 8. The fourth-order valence-electron chi connectivity index (χ4n) is 5.62. The zero-order chi connectivity index (χ0) is 30.0. The molecule has 3 amide bonds. The van der Waals surface area contributed by atoms with Gasteiger partial charge < -0.3 is 20.5 Å². The van der Waals surface area contributed by atoms with E-state index in [2.05, 4.69) is 25.5 Å². The van der Waals surface area contributed by atoms with Gasteiger partial charge in [0.1, 0.15) is 27.5 Å². The molecule has 3 N–H and O–H groups in total. The minimum absolute atomic E-state index is 0.263. The number of aromatic nitrogens is 2. The number of amides is 3. The van der Waals surface area contributed by atoms with Crippen LogP contribution < -0.4 is 20.3 Å². The van der Waals surface area contributed by atoms with Crippen LogP contribution in [0.5, 0.6) is 11.5 Å². The molecule has 7 rings (SSSR count). The van der Waals surface area contributed by atoms with E-state index >= 15 is 0 Å². The van der Waals surface area contributed by atoms with Crippen LogP contribution in [0.2, 0.25) is 0 Å². The zero-order valence-electron chi connectivity index (χ0n) is 23.8. The Bertz CT molecular complexity index is 1800. The highest BCUT2D eigenvalue weighted by Crippen LogP contribution is 2.45. The smallest absolute Gasteiger partial charge is 0.332 e. The molecule has 2 aliphatic rings. The van der Waals surface area contributed by atoms with Crippen molar-refractivity contribution in [3.05, 3.63) is 95.6 Å². The van der Waals surface area contributed by atoms with Crippen molar-refractivity contribution in [1.82, 2.24) is 14.9 Å². The lowest BCUT2D eigenvalue weighted by Gasteiger charge is -2.31. The predicted molar refractivity (Wildman–Crippen MR) is 171 cm³/mol. The zero-order valence-corrected chi connectivity index (χ0v) is 24.6. The number of benzene rings is 3. The second-order valence-electron chi connectivity index (χ2n) is 10.9. The molecule has 0 atom stereocenters. The van der Waals surface area contributed by atoms with Gasteiger partial charge >= 0.3 is 6.03 Å². The average molecular weight is 607 g/mol. The maximum absolute atomic E-state index is 13.4. The van der Waals surface area contributed by atoms with Gasteiger partial charge in [0.25, 0.3) is 5.91 Å². The van der Waals surface area contributed by atoms with Crippen molar-refractivity contribution in [1.29, 1.82) is 0 Å². The molecule has 5 aromatic rings. The number of thiophene rings is 1. The fourth-order valence-corrected chi connectivity index (χ4v) is 6.61. The van der Waals surface area contributed by atoms with Crippen LogP contribution >= 0.6 is 11.3 Å². The minimum Gasteiger partial charge on any atom is -0.457 e. The van der Waals surface area contributed by atoms with E-state index in [1.807, 2.05) is 54.6 Å². The minimum atomic E-state index is -0.422. The van der Waals surface area contributed by atoms with Gasteiger partial charge in [-0.1, -0.05) is 30.3 Å². The first kappa shape index (κ1) is 28.0. The third kappa shape index (κ3) is 5.60. The normalized spacial score (nSPS) is 15.3. The summed E-state index contributed by atoms with van der Waals surface area (Å²) in [5, 5.41) is 15.9. The highest BCUT2D eigenvalue weighted by Gasteiger charge is 2.34. The Balaban J connectivity index is 1.08. The van der Waals surface area contributed by atoms with Gasteiger partial charge in [-0.2, -0.15) is 0 Å². The fraction of sp³-hybridized carbons (Fsp3) is 0.212. The van der Waals surface area contributed by atoms with Crippen LogP contribution in [0, 0.1) is 5.92 Å². The van der Waals surface area contributed by atoms with Gasteiger partial charge in [0.05, 0.1) is 16.8 Å². The van der Waals surface area contributed by atoms with Crippen LogP contribution in [0.25, 0.3) is 10.2 Å². The molecule has 2 aromatic heterocycles. The topological polar surface area (TPSA) is 120 Å². The molecule has 1 saturated heterocycles. The summed E-state index contributed by atoms with van der Waals surface area (Å²) >= 11 is 1.21. The second-order valence-corrected chi connectivity index (χ2v) is 11.9. The molecule has 1 fully saturated rings.